The van der Waals surface area contributed by atoms with Crippen molar-refractivity contribution in [1.29, 1.82) is 0 Å². The maximum absolute atomic E-state index is 12.6. The fourth-order valence-corrected chi connectivity index (χ4v) is 3.29. The molecule has 0 aliphatic heterocycles. The van der Waals surface area contributed by atoms with Gasteiger partial charge in [0.2, 0.25) is 0 Å². The predicted molar refractivity (Wildman–Crippen MR) is 92.9 cm³/mol. The molecule has 0 unspecified atom stereocenters. The van der Waals surface area contributed by atoms with Crippen LogP contribution in [0.15, 0.2) is 41.1 Å². The van der Waals surface area contributed by atoms with Crippen LogP contribution in [0.5, 0.6) is 0 Å². The second-order valence-corrected chi connectivity index (χ2v) is 6.26. The van der Waals surface area contributed by atoms with Crippen LogP contribution < -0.4 is 5.32 Å². The normalized spacial score (nSPS) is 11.2. The standard InChI is InChI=1S/C15H9BrClN5O/c16-10-3-8(4-12-9(10)6-19-21-12)20-15(23)13-11(17)2-1-7-5-18-22-14(7)13/h1-6H,(H,18,22)(H,19,21)(H,20,23). The van der Waals surface area contributed by atoms with Crippen LogP contribution in [-0.2, 0) is 0 Å². The highest BCUT2D eigenvalue weighted by Crippen LogP contribution is 2.29. The van der Waals surface area contributed by atoms with E-state index in [9.17, 15) is 4.79 Å². The topological polar surface area (TPSA) is 86.5 Å². The van der Waals surface area contributed by atoms with Gasteiger partial charge in [0.15, 0.2) is 0 Å². The number of carbonyl (C=O) groups is 1. The van der Waals surface area contributed by atoms with E-state index in [1.165, 1.54) is 0 Å². The molecule has 6 nitrogen and oxygen atoms in total. The molecule has 0 radical (unpaired) electrons. The highest BCUT2D eigenvalue weighted by Gasteiger charge is 2.17. The minimum Gasteiger partial charge on any atom is -0.322 e. The molecule has 3 N–H and O–H groups in total. The average Bonchev–Trinajstić information content (AvgIpc) is 3.15. The molecule has 4 rings (SSSR count). The Hall–Kier alpha value is -2.38. The number of fused-ring (bicyclic) bond motifs is 2. The van der Waals surface area contributed by atoms with Crippen LogP contribution in [0.3, 0.4) is 0 Å². The van der Waals surface area contributed by atoms with Crippen LogP contribution >= 0.6 is 27.5 Å². The predicted octanol–water partition coefficient (Wildman–Crippen LogP) is 4.11. The third-order valence-corrected chi connectivity index (χ3v) is 4.53. The SMILES string of the molecule is O=C(Nc1cc(Br)c2cn[nH]c2c1)c1c(Cl)ccc2cn[nH]c12. The Labute approximate surface area is 143 Å². The Morgan fingerprint density at radius 3 is 2.87 bits per heavy atom. The first-order valence-electron chi connectivity index (χ1n) is 6.69. The van der Waals surface area contributed by atoms with E-state index in [4.69, 9.17) is 11.6 Å². The molecule has 0 saturated heterocycles. The summed E-state index contributed by atoms with van der Waals surface area (Å²) in [6.45, 7) is 0. The summed E-state index contributed by atoms with van der Waals surface area (Å²) in [6, 6.07) is 7.12. The fourth-order valence-electron chi connectivity index (χ4n) is 2.48. The number of halogens is 2. The summed E-state index contributed by atoms with van der Waals surface area (Å²) in [5.74, 6) is -0.310. The molecule has 0 aliphatic carbocycles. The number of aromatic amines is 2. The first kappa shape index (κ1) is 14.2. The van der Waals surface area contributed by atoms with Crippen molar-refractivity contribution in [3.05, 3.63) is 51.7 Å². The van der Waals surface area contributed by atoms with Gasteiger partial charge in [-0.05, 0) is 40.2 Å². The van der Waals surface area contributed by atoms with Gasteiger partial charge >= 0.3 is 0 Å². The molecule has 0 saturated carbocycles. The van der Waals surface area contributed by atoms with Crippen LogP contribution in [0.1, 0.15) is 10.4 Å². The molecule has 0 fully saturated rings. The summed E-state index contributed by atoms with van der Waals surface area (Å²) in [5.41, 5.74) is 2.42. The first-order chi connectivity index (χ1) is 11.1. The molecular weight excluding hydrogens is 382 g/mol. The molecule has 4 aromatic rings. The second kappa shape index (κ2) is 5.36. The van der Waals surface area contributed by atoms with Crippen LogP contribution in [0.25, 0.3) is 21.8 Å². The second-order valence-electron chi connectivity index (χ2n) is 5.00. The number of benzene rings is 2. The van der Waals surface area contributed by atoms with Gasteiger partial charge in [-0.3, -0.25) is 15.0 Å². The van der Waals surface area contributed by atoms with E-state index in [1.54, 1.807) is 18.5 Å². The van der Waals surface area contributed by atoms with Gasteiger partial charge in [0.05, 0.1) is 34.0 Å². The van der Waals surface area contributed by atoms with Crippen molar-refractivity contribution in [3.8, 4) is 0 Å². The summed E-state index contributed by atoms with van der Waals surface area (Å²) in [4.78, 5) is 12.6. The van der Waals surface area contributed by atoms with E-state index >= 15 is 0 Å². The number of hydrogen-bond donors (Lipinski definition) is 3. The smallest absolute Gasteiger partial charge is 0.259 e. The average molecular weight is 391 g/mol. The fraction of sp³-hybridized carbons (Fsp3) is 0. The lowest BCUT2D eigenvalue weighted by molar-refractivity contribution is 0.102. The third kappa shape index (κ3) is 2.38. The zero-order valence-corrected chi connectivity index (χ0v) is 13.9. The quantitative estimate of drug-likeness (QED) is 0.481. The number of hydrogen-bond acceptors (Lipinski definition) is 3. The van der Waals surface area contributed by atoms with Gasteiger partial charge < -0.3 is 5.32 Å². The Kier molecular flexibility index (Phi) is 3.32. The summed E-state index contributed by atoms with van der Waals surface area (Å²) < 4.78 is 0.838. The van der Waals surface area contributed by atoms with Gasteiger partial charge in [-0.1, -0.05) is 11.6 Å². The van der Waals surface area contributed by atoms with Crippen LogP contribution in [0.2, 0.25) is 5.02 Å². The molecular formula is C15H9BrClN5O. The molecule has 114 valence electrons. The van der Waals surface area contributed by atoms with Crippen LogP contribution in [-0.4, -0.2) is 26.3 Å². The summed E-state index contributed by atoms with van der Waals surface area (Å²) in [7, 11) is 0. The molecule has 0 atom stereocenters. The van der Waals surface area contributed by atoms with Crippen molar-refractivity contribution in [3.63, 3.8) is 0 Å². The number of aromatic nitrogens is 4. The molecule has 2 aromatic carbocycles. The van der Waals surface area contributed by atoms with Crippen molar-refractivity contribution in [2.45, 2.75) is 0 Å². The maximum Gasteiger partial charge on any atom is 0.259 e. The molecule has 2 heterocycles. The number of H-pyrrole nitrogens is 2. The zero-order valence-electron chi connectivity index (χ0n) is 11.5. The van der Waals surface area contributed by atoms with Crippen molar-refractivity contribution in [2.75, 3.05) is 5.32 Å². The van der Waals surface area contributed by atoms with Crippen molar-refractivity contribution in [2.24, 2.45) is 0 Å². The number of anilines is 1. The Balaban J connectivity index is 1.76. The number of nitrogens with zero attached hydrogens (tertiary/aromatic N) is 2. The molecule has 2 aromatic heterocycles. The summed E-state index contributed by atoms with van der Waals surface area (Å²) in [6.07, 6.45) is 3.36. The highest BCUT2D eigenvalue weighted by molar-refractivity contribution is 9.10. The lowest BCUT2D eigenvalue weighted by atomic mass is 10.1. The van der Waals surface area contributed by atoms with Gasteiger partial charge in [-0.15, -0.1) is 0 Å². The minimum absolute atomic E-state index is 0.310. The highest BCUT2D eigenvalue weighted by atomic mass is 79.9. The lowest BCUT2D eigenvalue weighted by Gasteiger charge is -2.08. The molecule has 0 spiro atoms. The van der Waals surface area contributed by atoms with Gasteiger partial charge in [0.1, 0.15) is 0 Å². The van der Waals surface area contributed by atoms with Crippen molar-refractivity contribution < 1.29 is 4.79 Å². The van der Waals surface area contributed by atoms with Gasteiger partial charge in [0, 0.05) is 20.9 Å². The van der Waals surface area contributed by atoms with E-state index in [0.29, 0.717) is 21.8 Å². The molecule has 1 amide bonds. The summed E-state index contributed by atoms with van der Waals surface area (Å²) in [5, 5.41) is 18.6. The monoisotopic (exact) mass is 389 g/mol. The van der Waals surface area contributed by atoms with Crippen molar-refractivity contribution in [1.82, 2.24) is 20.4 Å². The lowest BCUT2D eigenvalue weighted by Crippen LogP contribution is -2.13. The van der Waals surface area contributed by atoms with E-state index in [2.05, 4.69) is 41.6 Å². The van der Waals surface area contributed by atoms with E-state index < -0.39 is 0 Å². The number of amides is 1. The van der Waals surface area contributed by atoms with Gasteiger partial charge in [-0.25, -0.2) is 0 Å². The number of carbonyl (C=O) groups excluding carboxylic acids is 1. The Bertz CT molecular complexity index is 1050. The number of rotatable bonds is 2. The van der Waals surface area contributed by atoms with E-state index in [0.717, 1.165) is 20.8 Å². The van der Waals surface area contributed by atoms with Crippen molar-refractivity contribution >= 4 is 60.9 Å². The Morgan fingerprint density at radius 1 is 1.17 bits per heavy atom. The third-order valence-electron chi connectivity index (χ3n) is 3.56. The zero-order chi connectivity index (χ0) is 16.0. The Morgan fingerprint density at radius 2 is 2.00 bits per heavy atom. The van der Waals surface area contributed by atoms with Gasteiger partial charge in [-0.2, -0.15) is 10.2 Å². The van der Waals surface area contributed by atoms with Gasteiger partial charge in [0.25, 0.3) is 5.91 Å². The minimum atomic E-state index is -0.310. The largest absolute Gasteiger partial charge is 0.322 e. The van der Waals surface area contributed by atoms with E-state index in [-0.39, 0.29) is 5.91 Å². The summed E-state index contributed by atoms with van der Waals surface area (Å²) >= 11 is 9.66. The van der Waals surface area contributed by atoms with Crippen LogP contribution in [0, 0.1) is 0 Å². The number of nitrogens with one attached hydrogen (secondary N) is 3. The van der Waals surface area contributed by atoms with Crippen LogP contribution in [0.4, 0.5) is 5.69 Å². The molecule has 0 aliphatic rings. The van der Waals surface area contributed by atoms with E-state index in [1.807, 2.05) is 18.2 Å². The maximum atomic E-state index is 12.6. The molecule has 23 heavy (non-hydrogen) atoms. The molecule has 0 bridgehead atoms. The first-order valence-corrected chi connectivity index (χ1v) is 7.86. The molecule has 8 heteroatoms.